The third kappa shape index (κ3) is 6.69. The molecule has 1 atom stereocenters. The average molecular weight is 899 g/mol. The number of fused-ring (bicyclic) bond motifs is 8. The van der Waals surface area contributed by atoms with Crippen molar-refractivity contribution in [2.45, 2.75) is 51.9 Å². The Bertz CT molecular complexity index is 3850. The van der Waals surface area contributed by atoms with Gasteiger partial charge in [-0.3, -0.25) is 0 Å². The molecule has 0 bridgehead atoms. The summed E-state index contributed by atoms with van der Waals surface area (Å²) in [6, 6.07) is 77.3. The van der Waals surface area contributed by atoms with Gasteiger partial charge in [0.25, 0.3) is 0 Å². The fourth-order valence-corrected chi connectivity index (χ4v) is 12.2. The van der Waals surface area contributed by atoms with Crippen molar-refractivity contribution in [3.63, 3.8) is 0 Å². The van der Waals surface area contributed by atoms with Crippen LogP contribution in [0.15, 0.2) is 230 Å². The van der Waals surface area contributed by atoms with E-state index in [1.54, 1.807) is 0 Å². The summed E-state index contributed by atoms with van der Waals surface area (Å²) in [5.41, 5.74) is 21.5. The van der Waals surface area contributed by atoms with Gasteiger partial charge in [-0.25, -0.2) is 0 Å². The molecular formula is C68H54N2. The Morgan fingerprint density at radius 2 is 1.01 bits per heavy atom. The van der Waals surface area contributed by atoms with Crippen LogP contribution in [0, 0.1) is 6.92 Å². The van der Waals surface area contributed by atoms with Crippen molar-refractivity contribution in [1.29, 1.82) is 0 Å². The van der Waals surface area contributed by atoms with Crippen LogP contribution in [0.5, 0.6) is 0 Å². The van der Waals surface area contributed by atoms with E-state index in [2.05, 4.69) is 255 Å². The maximum atomic E-state index is 2.53. The van der Waals surface area contributed by atoms with E-state index < -0.39 is 0 Å². The van der Waals surface area contributed by atoms with Crippen molar-refractivity contribution in [3.8, 4) is 50.2 Å². The Balaban J connectivity index is 0.853. The maximum Gasteiger partial charge on any atom is 0.0541 e. The van der Waals surface area contributed by atoms with E-state index in [4.69, 9.17) is 0 Å². The highest BCUT2D eigenvalue weighted by molar-refractivity contribution is 6.21. The zero-order chi connectivity index (χ0) is 46.9. The molecule has 1 unspecified atom stereocenters. The molecule has 1 aromatic heterocycles. The minimum absolute atomic E-state index is 0.0209. The molecule has 2 aliphatic rings. The monoisotopic (exact) mass is 898 g/mol. The first-order valence-corrected chi connectivity index (χ1v) is 25.1. The molecule has 0 fully saturated rings. The highest BCUT2D eigenvalue weighted by atomic mass is 15.1. The van der Waals surface area contributed by atoms with Gasteiger partial charge in [-0.2, -0.15) is 0 Å². The molecule has 0 aliphatic heterocycles. The minimum atomic E-state index is -0.0209. The van der Waals surface area contributed by atoms with E-state index in [-0.39, 0.29) is 5.41 Å². The fraction of sp³-hybridized carbons (Fsp3) is 0.118. The van der Waals surface area contributed by atoms with Crippen LogP contribution in [0.3, 0.4) is 0 Å². The minimum Gasteiger partial charge on any atom is -0.311 e. The van der Waals surface area contributed by atoms with Crippen molar-refractivity contribution in [2.75, 3.05) is 4.90 Å². The summed E-state index contributed by atoms with van der Waals surface area (Å²) in [6.07, 6.45) is 11.3. The summed E-state index contributed by atoms with van der Waals surface area (Å²) in [5, 5.41) is 7.70. The lowest BCUT2D eigenvalue weighted by atomic mass is 9.75. The zero-order valence-electron chi connectivity index (χ0n) is 40.1. The molecule has 0 N–H and O–H groups in total. The van der Waals surface area contributed by atoms with Crippen LogP contribution in [-0.4, -0.2) is 4.57 Å². The van der Waals surface area contributed by atoms with Crippen molar-refractivity contribution >= 4 is 54.7 Å². The highest BCUT2D eigenvalue weighted by Gasteiger charge is 2.38. The third-order valence-electron chi connectivity index (χ3n) is 15.5. The van der Waals surface area contributed by atoms with E-state index in [1.807, 2.05) is 0 Å². The smallest absolute Gasteiger partial charge is 0.0541 e. The van der Waals surface area contributed by atoms with Crippen molar-refractivity contribution in [3.05, 3.63) is 247 Å². The number of hydrogen-bond acceptors (Lipinski definition) is 1. The van der Waals surface area contributed by atoms with Gasteiger partial charge in [-0.15, -0.1) is 0 Å². The summed E-state index contributed by atoms with van der Waals surface area (Å²) in [4.78, 5) is 2.39. The molecule has 0 saturated heterocycles. The molecule has 2 aliphatic carbocycles. The summed E-state index contributed by atoms with van der Waals surface area (Å²) in [7, 11) is 0. The van der Waals surface area contributed by atoms with Gasteiger partial charge >= 0.3 is 0 Å². The zero-order valence-corrected chi connectivity index (χ0v) is 40.1. The van der Waals surface area contributed by atoms with Crippen molar-refractivity contribution in [1.82, 2.24) is 4.57 Å². The number of hydrogen-bond donors (Lipinski definition) is 0. The van der Waals surface area contributed by atoms with Crippen LogP contribution in [0.4, 0.5) is 11.4 Å². The Labute approximate surface area is 411 Å². The highest BCUT2D eigenvalue weighted by Crippen LogP contribution is 2.53. The SMILES string of the molecule is CCCC1(C)c2ccccc2-c2ccc(-c3c4ccccc4c(-c4ccc(-c5ccc(N(C6=CCCC=C6)c6ccc(-n7c8ccccc8c8ccccc87)cc6)cc5)cc4)c4cc(C)ccc34)cc21. The maximum absolute atomic E-state index is 2.53. The first-order chi connectivity index (χ1) is 34.5. The van der Waals surface area contributed by atoms with Crippen LogP contribution in [-0.2, 0) is 5.41 Å². The largest absolute Gasteiger partial charge is 0.311 e. The average Bonchev–Trinajstić information content (AvgIpc) is 3.87. The number of anilines is 2. The molecule has 1 heterocycles. The number of aromatic nitrogens is 1. The van der Waals surface area contributed by atoms with Gasteiger partial charge in [0.2, 0.25) is 0 Å². The lowest BCUT2D eigenvalue weighted by molar-refractivity contribution is 0.524. The van der Waals surface area contributed by atoms with Gasteiger partial charge in [-0.05, 0) is 164 Å². The molecule has 336 valence electrons. The second kappa shape index (κ2) is 16.8. The quantitative estimate of drug-likeness (QED) is 0.131. The van der Waals surface area contributed by atoms with Crippen molar-refractivity contribution < 1.29 is 0 Å². The predicted molar refractivity (Wildman–Crippen MR) is 299 cm³/mol. The lowest BCUT2D eigenvalue weighted by Crippen LogP contribution is -2.20. The summed E-state index contributed by atoms with van der Waals surface area (Å²) in [6.45, 7) is 7.00. The number of para-hydroxylation sites is 2. The Hall–Kier alpha value is -8.20. The number of benzene rings is 10. The molecule has 10 aromatic carbocycles. The van der Waals surface area contributed by atoms with Crippen molar-refractivity contribution in [2.24, 2.45) is 0 Å². The summed E-state index contributed by atoms with van der Waals surface area (Å²) in [5.74, 6) is 0. The molecule has 0 radical (unpaired) electrons. The fourth-order valence-electron chi connectivity index (χ4n) is 12.2. The molecule has 0 saturated carbocycles. The second-order valence-corrected chi connectivity index (χ2v) is 19.7. The Kier molecular flexibility index (Phi) is 10.1. The van der Waals surface area contributed by atoms with Gasteiger partial charge in [0.15, 0.2) is 0 Å². The normalized spacial score (nSPS) is 15.2. The van der Waals surface area contributed by atoms with Gasteiger partial charge < -0.3 is 9.47 Å². The molecular weight excluding hydrogens is 845 g/mol. The van der Waals surface area contributed by atoms with E-state index in [0.29, 0.717) is 0 Å². The standard InChI is InChI=1S/C68H54N2/c1-4-42-68(3)62-23-13-10-18-54(62)55-41-33-49(44-63(55)68)67-59-22-9-8-21-58(59)66(61-43-45(2)26-40-60(61)67)48-29-27-46(28-30-48)47-31-34-51(35-32-47)69(50-16-6-5-7-17-50)52-36-38-53(39-37-52)70-64-24-14-11-19-56(64)57-20-12-15-25-65(57)70/h6,8-41,43-44H,4-5,7,42H2,1-3H3. The Morgan fingerprint density at radius 3 is 1.67 bits per heavy atom. The summed E-state index contributed by atoms with van der Waals surface area (Å²) >= 11 is 0. The summed E-state index contributed by atoms with van der Waals surface area (Å²) < 4.78 is 2.39. The molecule has 70 heavy (non-hydrogen) atoms. The van der Waals surface area contributed by atoms with Crippen LogP contribution >= 0.6 is 0 Å². The molecule has 2 heteroatoms. The van der Waals surface area contributed by atoms with Crippen LogP contribution < -0.4 is 4.90 Å². The second-order valence-electron chi connectivity index (χ2n) is 19.7. The lowest BCUT2D eigenvalue weighted by Gasteiger charge is -2.28. The molecule has 13 rings (SSSR count). The van der Waals surface area contributed by atoms with E-state index in [9.17, 15) is 0 Å². The van der Waals surface area contributed by atoms with Gasteiger partial charge in [0, 0.05) is 38.9 Å². The first kappa shape index (κ1) is 41.9. The molecule has 2 nitrogen and oxygen atoms in total. The van der Waals surface area contributed by atoms with Crippen LogP contribution in [0.25, 0.3) is 93.5 Å². The molecule has 0 amide bonds. The van der Waals surface area contributed by atoms with Gasteiger partial charge in [-0.1, -0.05) is 190 Å². The topological polar surface area (TPSA) is 8.17 Å². The van der Waals surface area contributed by atoms with E-state index in [1.165, 1.54) is 110 Å². The number of rotatable bonds is 9. The molecule has 0 spiro atoms. The first-order valence-electron chi connectivity index (χ1n) is 25.1. The van der Waals surface area contributed by atoms with Crippen LogP contribution in [0.1, 0.15) is 56.2 Å². The van der Waals surface area contributed by atoms with Crippen LogP contribution in [0.2, 0.25) is 0 Å². The van der Waals surface area contributed by atoms with E-state index >= 15 is 0 Å². The predicted octanol–water partition coefficient (Wildman–Crippen LogP) is 18.9. The van der Waals surface area contributed by atoms with Gasteiger partial charge in [0.1, 0.15) is 0 Å². The molecule has 11 aromatic rings. The van der Waals surface area contributed by atoms with Gasteiger partial charge in [0.05, 0.1) is 11.0 Å². The Morgan fingerprint density at radius 1 is 0.471 bits per heavy atom. The van der Waals surface area contributed by atoms with E-state index in [0.717, 1.165) is 42.7 Å². The third-order valence-corrected chi connectivity index (χ3v) is 15.5. The number of nitrogens with zero attached hydrogens (tertiary/aromatic N) is 2. The number of aryl methyl sites for hydroxylation is 1. The number of allylic oxidation sites excluding steroid dienone is 3.